The maximum Gasteiger partial charge on any atom is 0.243 e. The second-order valence-electron chi connectivity index (χ2n) is 4.69. The summed E-state index contributed by atoms with van der Waals surface area (Å²) in [5, 5.41) is 12.0. The number of nitriles is 1. The third-order valence-corrected chi connectivity index (χ3v) is 5.20. The van der Waals surface area contributed by atoms with Gasteiger partial charge in [-0.05, 0) is 29.8 Å². The summed E-state index contributed by atoms with van der Waals surface area (Å²) in [7, 11) is 0. The highest BCUT2D eigenvalue weighted by Gasteiger charge is 2.34. The fourth-order valence-electron chi connectivity index (χ4n) is 2.30. The Labute approximate surface area is 135 Å². The van der Waals surface area contributed by atoms with Gasteiger partial charge in [-0.25, -0.2) is 0 Å². The lowest BCUT2D eigenvalue weighted by Gasteiger charge is -2.18. The predicted octanol–water partition coefficient (Wildman–Crippen LogP) is 4.37. The number of amides is 1. The fraction of sp³-hybridized carbons (Fsp3) is 0.125. The molecule has 1 heterocycles. The van der Waals surface area contributed by atoms with Crippen LogP contribution < -0.4 is 5.32 Å². The maximum absolute atomic E-state index is 12.3. The molecule has 104 valence electrons. The van der Waals surface area contributed by atoms with Gasteiger partial charge in [-0.15, -0.1) is 11.8 Å². The van der Waals surface area contributed by atoms with Crippen LogP contribution in [0.15, 0.2) is 57.9 Å². The molecule has 21 heavy (non-hydrogen) atoms. The Morgan fingerprint density at radius 1 is 1.19 bits per heavy atom. The molecule has 0 fully saturated rings. The van der Waals surface area contributed by atoms with Crippen LogP contribution in [0.4, 0.5) is 5.69 Å². The number of hydrogen-bond acceptors (Lipinski definition) is 3. The summed E-state index contributed by atoms with van der Waals surface area (Å²) < 4.78 is 0.940. The number of para-hydroxylation sites is 1. The molecular formula is C16H11BrN2OS. The molecule has 1 amide bonds. The van der Waals surface area contributed by atoms with Gasteiger partial charge in [0.25, 0.3) is 0 Å². The number of nitrogens with one attached hydrogen (secondary N) is 1. The largest absolute Gasteiger partial charge is 0.324 e. The van der Waals surface area contributed by atoms with Crippen LogP contribution in [-0.4, -0.2) is 5.91 Å². The zero-order valence-corrected chi connectivity index (χ0v) is 13.3. The molecule has 0 aromatic heterocycles. The maximum atomic E-state index is 12.3. The molecule has 2 atom stereocenters. The predicted molar refractivity (Wildman–Crippen MR) is 86.9 cm³/mol. The van der Waals surface area contributed by atoms with Gasteiger partial charge in [0.1, 0.15) is 5.92 Å². The molecule has 0 saturated carbocycles. The first-order valence-electron chi connectivity index (χ1n) is 6.40. The van der Waals surface area contributed by atoms with Crippen LogP contribution in [0.1, 0.15) is 10.8 Å². The highest BCUT2D eigenvalue weighted by molar-refractivity contribution is 9.10. The molecule has 0 spiro atoms. The van der Waals surface area contributed by atoms with Gasteiger partial charge < -0.3 is 5.32 Å². The molecule has 0 aliphatic carbocycles. The number of thioether (sulfide) groups is 1. The molecule has 1 aliphatic rings. The number of benzene rings is 2. The van der Waals surface area contributed by atoms with Crippen molar-refractivity contribution in [1.29, 1.82) is 5.26 Å². The van der Waals surface area contributed by atoms with Crippen LogP contribution in [0.25, 0.3) is 0 Å². The molecule has 3 rings (SSSR count). The molecule has 2 aromatic carbocycles. The minimum atomic E-state index is -0.725. The zero-order valence-electron chi connectivity index (χ0n) is 10.9. The van der Waals surface area contributed by atoms with Crippen LogP contribution >= 0.6 is 27.7 Å². The molecule has 3 nitrogen and oxygen atoms in total. The van der Waals surface area contributed by atoms with Crippen molar-refractivity contribution in [3.63, 3.8) is 0 Å². The van der Waals surface area contributed by atoms with E-state index in [1.807, 2.05) is 48.5 Å². The third kappa shape index (κ3) is 2.82. The third-order valence-electron chi connectivity index (χ3n) is 3.30. The summed E-state index contributed by atoms with van der Waals surface area (Å²) in [5.74, 6) is -0.975. The average Bonchev–Trinajstić information content (AvgIpc) is 2.62. The Morgan fingerprint density at radius 2 is 2.00 bits per heavy atom. The van der Waals surface area contributed by atoms with Crippen molar-refractivity contribution >= 4 is 39.3 Å². The van der Waals surface area contributed by atoms with Crippen molar-refractivity contribution in [3.05, 3.63) is 58.6 Å². The number of hydrogen-bond donors (Lipinski definition) is 1. The summed E-state index contributed by atoms with van der Waals surface area (Å²) in [5.41, 5.74) is 1.73. The Bertz CT molecular complexity index is 741. The number of halogens is 1. The van der Waals surface area contributed by atoms with E-state index in [4.69, 9.17) is 0 Å². The van der Waals surface area contributed by atoms with Crippen molar-refractivity contribution in [1.82, 2.24) is 0 Å². The number of anilines is 1. The summed E-state index contributed by atoms with van der Waals surface area (Å²) in [4.78, 5) is 13.3. The topological polar surface area (TPSA) is 52.9 Å². The molecular weight excluding hydrogens is 348 g/mol. The summed E-state index contributed by atoms with van der Waals surface area (Å²) in [6.07, 6.45) is 0. The van der Waals surface area contributed by atoms with E-state index in [0.29, 0.717) is 0 Å². The molecule has 1 aliphatic heterocycles. The van der Waals surface area contributed by atoms with E-state index < -0.39 is 5.92 Å². The van der Waals surface area contributed by atoms with Crippen molar-refractivity contribution < 1.29 is 4.79 Å². The SMILES string of the molecule is N#C[C@H]1C(=O)Nc2ccccc2S[C@H]1c1cccc(Br)c1. The first-order valence-corrected chi connectivity index (χ1v) is 8.08. The van der Waals surface area contributed by atoms with Gasteiger partial charge in [-0.2, -0.15) is 5.26 Å². The highest BCUT2D eigenvalue weighted by atomic mass is 79.9. The standard InChI is InChI=1S/C16H11BrN2OS/c17-11-5-3-4-10(8-11)15-12(9-18)16(20)19-13-6-1-2-7-14(13)21-15/h1-8,12,15H,(H,19,20)/t12-,15+/m1/s1. The summed E-state index contributed by atoms with van der Waals surface area (Å²) in [6, 6.07) is 17.5. The van der Waals surface area contributed by atoms with Crippen LogP contribution in [0.2, 0.25) is 0 Å². The molecule has 2 aromatic rings. The Morgan fingerprint density at radius 3 is 2.76 bits per heavy atom. The van der Waals surface area contributed by atoms with E-state index in [1.54, 1.807) is 11.8 Å². The molecule has 5 heteroatoms. The van der Waals surface area contributed by atoms with E-state index in [0.717, 1.165) is 20.6 Å². The first kappa shape index (κ1) is 14.2. The Hall–Kier alpha value is -1.77. The normalized spacial score (nSPS) is 20.9. The van der Waals surface area contributed by atoms with Crippen LogP contribution in [0.3, 0.4) is 0 Å². The van der Waals surface area contributed by atoms with Crippen molar-refractivity contribution in [2.24, 2.45) is 5.92 Å². The fourth-order valence-corrected chi connectivity index (χ4v) is 3.99. The second kappa shape index (κ2) is 5.92. The van der Waals surface area contributed by atoms with Gasteiger partial charge in [0, 0.05) is 9.37 Å². The van der Waals surface area contributed by atoms with E-state index in [9.17, 15) is 10.1 Å². The van der Waals surface area contributed by atoms with Gasteiger partial charge >= 0.3 is 0 Å². The lowest BCUT2D eigenvalue weighted by atomic mass is 9.99. The first-order chi connectivity index (χ1) is 10.2. The van der Waals surface area contributed by atoms with Crippen molar-refractivity contribution in [2.45, 2.75) is 10.1 Å². The molecule has 0 unspecified atom stereocenters. The van der Waals surface area contributed by atoms with Crippen LogP contribution in [0.5, 0.6) is 0 Å². The van der Waals surface area contributed by atoms with E-state index in [1.165, 1.54) is 0 Å². The van der Waals surface area contributed by atoms with Gasteiger partial charge in [0.15, 0.2) is 0 Å². The highest BCUT2D eigenvalue weighted by Crippen LogP contribution is 2.46. The summed E-state index contributed by atoms with van der Waals surface area (Å²) >= 11 is 4.99. The monoisotopic (exact) mass is 358 g/mol. The zero-order chi connectivity index (χ0) is 14.8. The van der Waals surface area contributed by atoms with E-state index >= 15 is 0 Å². The van der Waals surface area contributed by atoms with E-state index in [2.05, 4.69) is 27.3 Å². The molecule has 1 N–H and O–H groups in total. The van der Waals surface area contributed by atoms with Gasteiger partial charge in [-0.1, -0.05) is 40.2 Å². The molecule has 0 saturated heterocycles. The lowest BCUT2D eigenvalue weighted by Crippen LogP contribution is -2.24. The molecule has 0 radical (unpaired) electrons. The minimum Gasteiger partial charge on any atom is -0.324 e. The second-order valence-corrected chi connectivity index (χ2v) is 6.78. The smallest absolute Gasteiger partial charge is 0.243 e. The van der Waals surface area contributed by atoms with Gasteiger partial charge in [0.05, 0.1) is 17.0 Å². The average molecular weight is 359 g/mol. The Balaban J connectivity index is 2.09. The van der Waals surface area contributed by atoms with Crippen molar-refractivity contribution in [3.8, 4) is 6.07 Å². The quantitative estimate of drug-likeness (QED) is 0.822. The number of carbonyl (C=O) groups excluding carboxylic acids is 1. The minimum absolute atomic E-state index is 0.226. The van der Waals surface area contributed by atoms with E-state index in [-0.39, 0.29) is 11.2 Å². The van der Waals surface area contributed by atoms with Gasteiger partial charge in [0.2, 0.25) is 5.91 Å². The molecule has 0 bridgehead atoms. The van der Waals surface area contributed by atoms with Gasteiger partial charge in [-0.3, -0.25) is 4.79 Å². The summed E-state index contributed by atoms with van der Waals surface area (Å²) in [6.45, 7) is 0. The number of rotatable bonds is 1. The lowest BCUT2D eigenvalue weighted by molar-refractivity contribution is -0.118. The van der Waals surface area contributed by atoms with Crippen LogP contribution in [-0.2, 0) is 4.79 Å². The number of fused-ring (bicyclic) bond motifs is 1. The van der Waals surface area contributed by atoms with Crippen molar-refractivity contribution in [2.75, 3.05) is 5.32 Å². The Kier molecular flexibility index (Phi) is 4.00. The van der Waals surface area contributed by atoms with Crippen LogP contribution in [0, 0.1) is 17.2 Å². The number of nitrogens with zero attached hydrogens (tertiary/aromatic N) is 1. The number of carbonyl (C=O) groups is 1.